The highest BCUT2D eigenvalue weighted by atomic mass is 79.9. The molecule has 1 fully saturated rings. The fourth-order valence-corrected chi connectivity index (χ4v) is 2.35. The molecule has 2 N–H and O–H groups in total. The average molecular weight is 298 g/mol. The van der Waals surface area contributed by atoms with Crippen molar-refractivity contribution in [3.63, 3.8) is 0 Å². The van der Waals surface area contributed by atoms with Crippen LogP contribution in [0.15, 0.2) is 22.7 Å². The highest BCUT2D eigenvalue weighted by Gasteiger charge is 2.23. The molecule has 1 aliphatic rings. The van der Waals surface area contributed by atoms with Crippen molar-refractivity contribution in [2.24, 2.45) is 11.7 Å². The number of benzene rings is 1. The van der Waals surface area contributed by atoms with Crippen LogP contribution in [0.3, 0.4) is 0 Å². The van der Waals surface area contributed by atoms with Crippen LogP contribution < -0.4 is 10.5 Å². The number of halogens is 1. The quantitative estimate of drug-likeness (QED) is 0.902. The Morgan fingerprint density at radius 3 is 2.71 bits per heavy atom. The third kappa shape index (κ3) is 4.00. The van der Waals surface area contributed by atoms with E-state index in [9.17, 15) is 0 Å². The zero-order valence-corrected chi connectivity index (χ0v) is 12.1. The summed E-state index contributed by atoms with van der Waals surface area (Å²) in [6.07, 6.45) is 3.44. The number of hydrogen-bond donors (Lipinski definition) is 1. The summed E-state index contributed by atoms with van der Waals surface area (Å²) in [5.74, 6) is 1.73. The predicted octanol–water partition coefficient (Wildman–Crippen LogP) is 3.52. The van der Waals surface area contributed by atoms with Crippen molar-refractivity contribution in [1.82, 2.24) is 0 Å². The molecule has 0 spiro atoms. The molecule has 0 aromatic heterocycles. The van der Waals surface area contributed by atoms with E-state index in [0.29, 0.717) is 0 Å². The molecule has 0 radical (unpaired) electrons. The van der Waals surface area contributed by atoms with Crippen LogP contribution in [0, 0.1) is 5.92 Å². The summed E-state index contributed by atoms with van der Waals surface area (Å²) in [6, 6.07) is 6.16. The van der Waals surface area contributed by atoms with Gasteiger partial charge in [0.1, 0.15) is 5.75 Å². The Kier molecular flexibility index (Phi) is 3.79. The molecule has 17 heavy (non-hydrogen) atoms. The van der Waals surface area contributed by atoms with Crippen LogP contribution in [0.25, 0.3) is 0 Å². The van der Waals surface area contributed by atoms with Crippen LogP contribution in [0.1, 0.15) is 32.3 Å². The summed E-state index contributed by atoms with van der Waals surface area (Å²) < 4.78 is 6.96. The summed E-state index contributed by atoms with van der Waals surface area (Å²) >= 11 is 3.56. The zero-order valence-electron chi connectivity index (χ0n) is 10.5. The van der Waals surface area contributed by atoms with Gasteiger partial charge in [0.05, 0.1) is 11.1 Å². The van der Waals surface area contributed by atoms with Crippen molar-refractivity contribution in [3.05, 3.63) is 28.2 Å². The fraction of sp³-hybridized carbons (Fsp3) is 0.571. The lowest BCUT2D eigenvalue weighted by Gasteiger charge is -2.21. The summed E-state index contributed by atoms with van der Waals surface area (Å²) in [7, 11) is 0. The molecular weight excluding hydrogens is 278 g/mol. The summed E-state index contributed by atoms with van der Waals surface area (Å²) in [6.45, 7) is 4.91. The SMILES string of the molecule is CC(C)(N)Cc1cccc(Br)c1OCC1CC1. The Morgan fingerprint density at radius 2 is 2.12 bits per heavy atom. The topological polar surface area (TPSA) is 35.2 Å². The molecule has 0 amide bonds. The van der Waals surface area contributed by atoms with Gasteiger partial charge in [-0.05, 0) is 66.6 Å². The Labute approximate surface area is 112 Å². The minimum atomic E-state index is -0.210. The highest BCUT2D eigenvalue weighted by Crippen LogP contribution is 2.34. The van der Waals surface area contributed by atoms with Crippen molar-refractivity contribution in [2.45, 2.75) is 38.6 Å². The van der Waals surface area contributed by atoms with Gasteiger partial charge < -0.3 is 10.5 Å². The van der Waals surface area contributed by atoms with Gasteiger partial charge in [-0.25, -0.2) is 0 Å². The number of para-hydroxylation sites is 1. The second kappa shape index (κ2) is 4.99. The molecule has 0 bridgehead atoms. The normalized spacial score (nSPS) is 16.0. The second-order valence-electron chi connectivity index (χ2n) is 5.65. The fourth-order valence-electron chi connectivity index (χ4n) is 1.83. The standard InChI is InChI=1S/C14H20BrNO/c1-14(2,16)8-11-4-3-5-12(15)13(11)17-9-10-6-7-10/h3-5,10H,6-9,16H2,1-2H3. The van der Waals surface area contributed by atoms with Gasteiger partial charge in [0.2, 0.25) is 0 Å². The van der Waals surface area contributed by atoms with E-state index in [1.807, 2.05) is 26.0 Å². The maximum atomic E-state index is 6.08. The molecule has 3 heteroatoms. The highest BCUT2D eigenvalue weighted by molar-refractivity contribution is 9.10. The van der Waals surface area contributed by atoms with E-state index in [1.165, 1.54) is 18.4 Å². The van der Waals surface area contributed by atoms with E-state index in [0.717, 1.165) is 29.2 Å². The lowest BCUT2D eigenvalue weighted by atomic mass is 9.96. The maximum Gasteiger partial charge on any atom is 0.136 e. The van der Waals surface area contributed by atoms with Crippen molar-refractivity contribution in [1.29, 1.82) is 0 Å². The number of ether oxygens (including phenoxy) is 1. The monoisotopic (exact) mass is 297 g/mol. The third-order valence-corrected chi connectivity index (χ3v) is 3.48. The van der Waals surface area contributed by atoms with Crippen molar-refractivity contribution in [2.75, 3.05) is 6.61 Å². The Morgan fingerprint density at radius 1 is 1.41 bits per heavy atom. The molecule has 1 aromatic carbocycles. The van der Waals surface area contributed by atoms with Crippen LogP contribution in [-0.4, -0.2) is 12.1 Å². The van der Waals surface area contributed by atoms with E-state index in [-0.39, 0.29) is 5.54 Å². The van der Waals surface area contributed by atoms with Gasteiger partial charge in [0.25, 0.3) is 0 Å². The van der Waals surface area contributed by atoms with Crippen LogP contribution in [0.4, 0.5) is 0 Å². The van der Waals surface area contributed by atoms with E-state index in [1.54, 1.807) is 0 Å². The van der Waals surface area contributed by atoms with E-state index in [4.69, 9.17) is 10.5 Å². The molecule has 0 saturated heterocycles. The van der Waals surface area contributed by atoms with Crippen LogP contribution in [0.2, 0.25) is 0 Å². The minimum Gasteiger partial charge on any atom is -0.492 e. The van der Waals surface area contributed by atoms with Crippen molar-refractivity contribution >= 4 is 15.9 Å². The third-order valence-electron chi connectivity index (χ3n) is 2.85. The van der Waals surface area contributed by atoms with Gasteiger partial charge in [0, 0.05) is 5.54 Å². The molecular formula is C14H20BrNO. The largest absolute Gasteiger partial charge is 0.492 e. The van der Waals surface area contributed by atoms with Gasteiger partial charge in [-0.3, -0.25) is 0 Å². The predicted molar refractivity (Wildman–Crippen MR) is 74.3 cm³/mol. The van der Waals surface area contributed by atoms with Crippen LogP contribution in [-0.2, 0) is 6.42 Å². The Balaban J connectivity index is 2.14. The van der Waals surface area contributed by atoms with Gasteiger partial charge >= 0.3 is 0 Å². The molecule has 0 heterocycles. The molecule has 1 saturated carbocycles. The molecule has 2 rings (SSSR count). The molecule has 0 unspecified atom stereocenters. The second-order valence-corrected chi connectivity index (χ2v) is 6.50. The summed E-state index contributed by atoms with van der Waals surface area (Å²) in [5.41, 5.74) is 7.06. The van der Waals surface area contributed by atoms with Crippen molar-refractivity contribution in [3.8, 4) is 5.75 Å². The molecule has 0 aliphatic heterocycles. The Hall–Kier alpha value is -0.540. The van der Waals surface area contributed by atoms with Gasteiger partial charge in [0.15, 0.2) is 0 Å². The molecule has 2 nitrogen and oxygen atoms in total. The first-order valence-corrected chi connectivity index (χ1v) is 6.94. The Bertz CT molecular complexity index is 394. The first-order valence-electron chi connectivity index (χ1n) is 6.15. The van der Waals surface area contributed by atoms with E-state index >= 15 is 0 Å². The van der Waals surface area contributed by atoms with Gasteiger partial charge in [-0.15, -0.1) is 0 Å². The molecule has 1 aliphatic carbocycles. The smallest absolute Gasteiger partial charge is 0.136 e. The first-order chi connectivity index (χ1) is 7.96. The van der Waals surface area contributed by atoms with Gasteiger partial charge in [-0.1, -0.05) is 12.1 Å². The molecule has 1 aromatic rings. The van der Waals surface area contributed by atoms with Crippen LogP contribution >= 0.6 is 15.9 Å². The summed E-state index contributed by atoms with van der Waals surface area (Å²) in [4.78, 5) is 0. The number of rotatable bonds is 5. The zero-order chi connectivity index (χ0) is 12.5. The maximum absolute atomic E-state index is 6.08. The number of nitrogens with two attached hydrogens (primary N) is 1. The first kappa shape index (κ1) is 12.9. The molecule has 0 atom stereocenters. The van der Waals surface area contributed by atoms with Crippen LogP contribution in [0.5, 0.6) is 5.75 Å². The van der Waals surface area contributed by atoms with E-state index < -0.39 is 0 Å². The summed E-state index contributed by atoms with van der Waals surface area (Å²) in [5, 5.41) is 0. The number of hydrogen-bond acceptors (Lipinski definition) is 2. The average Bonchev–Trinajstić information content (AvgIpc) is 2.98. The lowest BCUT2D eigenvalue weighted by molar-refractivity contribution is 0.293. The van der Waals surface area contributed by atoms with Gasteiger partial charge in [-0.2, -0.15) is 0 Å². The molecule has 94 valence electrons. The van der Waals surface area contributed by atoms with E-state index in [2.05, 4.69) is 22.0 Å². The lowest BCUT2D eigenvalue weighted by Crippen LogP contribution is -2.34. The van der Waals surface area contributed by atoms with Crippen molar-refractivity contribution < 1.29 is 4.74 Å². The minimum absolute atomic E-state index is 0.210.